The van der Waals surface area contributed by atoms with Crippen LogP contribution in [0.25, 0.3) is 0 Å². The SMILES string of the molecule is CC(C)(C)C(CC1(O)CCCC1)C(=O)O. The fourth-order valence-corrected chi connectivity index (χ4v) is 2.38. The molecule has 1 saturated carbocycles. The van der Waals surface area contributed by atoms with Crippen LogP contribution in [-0.2, 0) is 4.79 Å². The molecule has 1 aliphatic rings. The van der Waals surface area contributed by atoms with Crippen molar-refractivity contribution in [2.75, 3.05) is 0 Å². The van der Waals surface area contributed by atoms with Gasteiger partial charge < -0.3 is 10.2 Å². The van der Waals surface area contributed by atoms with Crippen LogP contribution in [-0.4, -0.2) is 21.8 Å². The maximum atomic E-state index is 11.2. The zero-order valence-electron chi connectivity index (χ0n) is 9.92. The molecule has 1 aliphatic carbocycles. The summed E-state index contributed by atoms with van der Waals surface area (Å²) in [5, 5.41) is 19.4. The minimum Gasteiger partial charge on any atom is -0.481 e. The van der Waals surface area contributed by atoms with Gasteiger partial charge in [-0.1, -0.05) is 33.6 Å². The molecule has 0 bridgehead atoms. The van der Waals surface area contributed by atoms with Crippen molar-refractivity contribution in [3.05, 3.63) is 0 Å². The maximum absolute atomic E-state index is 11.2. The number of rotatable bonds is 3. The minimum absolute atomic E-state index is 0.288. The summed E-state index contributed by atoms with van der Waals surface area (Å²) in [6, 6.07) is 0. The van der Waals surface area contributed by atoms with E-state index >= 15 is 0 Å². The molecule has 0 aliphatic heterocycles. The number of aliphatic hydroxyl groups is 1. The molecule has 1 atom stereocenters. The molecule has 1 unspecified atom stereocenters. The lowest BCUT2D eigenvalue weighted by atomic mass is 9.74. The van der Waals surface area contributed by atoms with Crippen molar-refractivity contribution in [2.45, 2.75) is 58.5 Å². The van der Waals surface area contributed by atoms with Crippen LogP contribution in [0.1, 0.15) is 52.9 Å². The van der Waals surface area contributed by atoms with E-state index in [9.17, 15) is 15.0 Å². The van der Waals surface area contributed by atoms with Gasteiger partial charge in [0.05, 0.1) is 11.5 Å². The van der Waals surface area contributed by atoms with Gasteiger partial charge in [0.2, 0.25) is 0 Å². The van der Waals surface area contributed by atoms with Crippen molar-refractivity contribution in [2.24, 2.45) is 11.3 Å². The number of carbonyl (C=O) groups is 1. The highest BCUT2D eigenvalue weighted by Gasteiger charge is 2.40. The van der Waals surface area contributed by atoms with Gasteiger partial charge in [0, 0.05) is 0 Å². The molecule has 0 aromatic heterocycles. The van der Waals surface area contributed by atoms with Crippen LogP contribution in [0.3, 0.4) is 0 Å². The normalized spacial score (nSPS) is 22.7. The number of hydrogen-bond donors (Lipinski definition) is 2. The van der Waals surface area contributed by atoms with Gasteiger partial charge in [-0.05, 0) is 24.7 Å². The first-order valence-corrected chi connectivity index (χ1v) is 5.70. The van der Waals surface area contributed by atoms with Crippen molar-refractivity contribution < 1.29 is 15.0 Å². The van der Waals surface area contributed by atoms with Crippen LogP contribution in [0.15, 0.2) is 0 Å². The highest BCUT2D eigenvalue weighted by atomic mass is 16.4. The van der Waals surface area contributed by atoms with E-state index in [1.807, 2.05) is 20.8 Å². The average Bonchev–Trinajstić information content (AvgIpc) is 2.46. The third-order valence-corrected chi connectivity index (χ3v) is 3.46. The lowest BCUT2D eigenvalue weighted by Crippen LogP contribution is -2.37. The molecule has 3 nitrogen and oxygen atoms in total. The number of aliphatic carboxylic acids is 1. The first kappa shape index (κ1) is 12.5. The summed E-state index contributed by atoms with van der Waals surface area (Å²) in [7, 11) is 0. The van der Waals surface area contributed by atoms with Gasteiger partial charge in [0.15, 0.2) is 0 Å². The summed E-state index contributed by atoms with van der Waals surface area (Å²) in [6.45, 7) is 5.76. The molecule has 0 aromatic carbocycles. The predicted octanol–water partition coefficient (Wildman–Crippen LogP) is 2.43. The van der Waals surface area contributed by atoms with Crippen LogP contribution in [0.4, 0.5) is 0 Å². The van der Waals surface area contributed by atoms with Gasteiger partial charge in [-0.15, -0.1) is 0 Å². The molecular weight excluding hydrogens is 192 g/mol. The highest BCUT2D eigenvalue weighted by Crippen LogP contribution is 2.40. The van der Waals surface area contributed by atoms with Crippen LogP contribution in [0.5, 0.6) is 0 Å². The van der Waals surface area contributed by atoms with Gasteiger partial charge in [-0.3, -0.25) is 4.79 Å². The Balaban J connectivity index is 2.71. The molecule has 15 heavy (non-hydrogen) atoms. The third kappa shape index (κ3) is 3.20. The highest BCUT2D eigenvalue weighted by molar-refractivity contribution is 5.71. The standard InChI is InChI=1S/C12H22O3/c1-11(2,3)9(10(13)14)8-12(15)6-4-5-7-12/h9,15H,4-8H2,1-3H3,(H,13,14). The lowest BCUT2D eigenvalue weighted by Gasteiger charge is -2.33. The Kier molecular flexibility index (Phi) is 3.44. The molecular formula is C12H22O3. The Morgan fingerprint density at radius 3 is 2.13 bits per heavy atom. The van der Waals surface area contributed by atoms with Crippen LogP contribution >= 0.6 is 0 Å². The maximum Gasteiger partial charge on any atom is 0.307 e. The summed E-state index contributed by atoms with van der Waals surface area (Å²) < 4.78 is 0. The molecule has 0 heterocycles. The van der Waals surface area contributed by atoms with E-state index in [-0.39, 0.29) is 5.41 Å². The second-order valence-corrected chi connectivity index (χ2v) is 5.89. The van der Waals surface area contributed by atoms with Crippen molar-refractivity contribution in [3.63, 3.8) is 0 Å². The summed E-state index contributed by atoms with van der Waals surface area (Å²) in [5.74, 6) is -1.25. The van der Waals surface area contributed by atoms with E-state index in [4.69, 9.17) is 0 Å². The molecule has 0 radical (unpaired) electrons. The smallest absolute Gasteiger partial charge is 0.307 e. The van der Waals surface area contributed by atoms with Crippen LogP contribution in [0, 0.1) is 11.3 Å². The summed E-state index contributed by atoms with van der Waals surface area (Å²) in [6.07, 6.45) is 3.95. The predicted molar refractivity (Wildman–Crippen MR) is 58.6 cm³/mol. The minimum atomic E-state index is -0.789. The van der Waals surface area contributed by atoms with E-state index in [1.54, 1.807) is 0 Å². The van der Waals surface area contributed by atoms with E-state index in [1.165, 1.54) is 0 Å². The lowest BCUT2D eigenvalue weighted by molar-refractivity contribution is -0.149. The van der Waals surface area contributed by atoms with Gasteiger partial charge in [-0.25, -0.2) is 0 Å². The van der Waals surface area contributed by atoms with Gasteiger partial charge in [-0.2, -0.15) is 0 Å². The van der Waals surface area contributed by atoms with Crippen LogP contribution < -0.4 is 0 Å². The van der Waals surface area contributed by atoms with E-state index in [0.717, 1.165) is 25.7 Å². The molecule has 3 heteroatoms. The first-order chi connectivity index (χ1) is 6.75. The number of carboxylic acid groups (broad SMARTS) is 1. The monoisotopic (exact) mass is 214 g/mol. The van der Waals surface area contributed by atoms with Crippen molar-refractivity contribution in [1.82, 2.24) is 0 Å². The Morgan fingerprint density at radius 2 is 1.80 bits per heavy atom. The molecule has 0 spiro atoms. The Morgan fingerprint density at radius 1 is 1.33 bits per heavy atom. The zero-order chi connectivity index (χ0) is 11.7. The molecule has 0 aromatic rings. The fourth-order valence-electron chi connectivity index (χ4n) is 2.38. The quantitative estimate of drug-likeness (QED) is 0.758. The summed E-state index contributed by atoms with van der Waals surface area (Å²) >= 11 is 0. The molecule has 1 rings (SSSR count). The molecule has 2 N–H and O–H groups in total. The summed E-state index contributed by atoms with van der Waals surface area (Å²) in [5.41, 5.74) is -1.01. The Hall–Kier alpha value is -0.570. The molecule has 88 valence electrons. The van der Waals surface area contributed by atoms with Gasteiger partial charge in [0.25, 0.3) is 0 Å². The third-order valence-electron chi connectivity index (χ3n) is 3.46. The van der Waals surface area contributed by atoms with Crippen molar-refractivity contribution in [1.29, 1.82) is 0 Å². The van der Waals surface area contributed by atoms with Crippen molar-refractivity contribution >= 4 is 5.97 Å². The molecule has 0 amide bonds. The second-order valence-electron chi connectivity index (χ2n) is 5.89. The Bertz CT molecular complexity index is 234. The number of carboxylic acids is 1. The van der Waals surface area contributed by atoms with E-state index in [0.29, 0.717) is 6.42 Å². The van der Waals surface area contributed by atoms with Gasteiger partial charge in [0.1, 0.15) is 0 Å². The summed E-state index contributed by atoms with van der Waals surface area (Å²) in [4.78, 5) is 11.2. The van der Waals surface area contributed by atoms with E-state index in [2.05, 4.69) is 0 Å². The van der Waals surface area contributed by atoms with E-state index < -0.39 is 17.5 Å². The van der Waals surface area contributed by atoms with Crippen LogP contribution in [0.2, 0.25) is 0 Å². The first-order valence-electron chi connectivity index (χ1n) is 5.70. The number of hydrogen-bond acceptors (Lipinski definition) is 2. The average molecular weight is 214 g/mol. The zero-order valence-corrected chi connectivity index (χ0v) is 9.92. The fraction of sp³-hybridized carbons (Fsp3) is 0.917. The Labute approximate surface area is 91.5 Å². The second kappa shape index (κ2) is 4.12. The topological polar surface area (TPSA) is 57.5 Å². The molecule has 1 fully saturated rings. The molecule has 0 saturated heterocycles. The van der Waals surface area contributed by atoms with Gasteiger partial charge >= 0.3 is 5.97 Å². The largest absolute Gasteiger partial charge is 0.481 e. The van der Waals surface area contributed by atoms with Crippen molar-refractivity contribution in [3.8, 4) is 0 Å².